The van der Waals surface area contributed by atoms with Crippen molar-refractivity contribution in [2.75, 3.05) is 11.9 Å². The smallest absolute Gasteiger partial charge is 0.413 e. The molecule has 17 heavy (non-hydrogen) atoms. The second-order valence-electron chi connectivity index (χ2n) is 3.47. The minimum atomic E-state index is -0.556. The molecule has 0 saturated carbocycles. The molecule has 0 saturated heterocycles. The largest absolute Gasteiger partial charge is 0.447 e. The molecular weight excluding hydrogens is 220 g/mol. The quantitative estimate of drug-likeness (QED) is 0.758. The van der Waals surface area contributed by atoms with Crippen LogP contribution in [0.5, 0.6) is 0 Å². The van der Waals surface area contributed by atoms with E-state index in [0.717, 1.165) is 0 Å². The van der Waals surface area contributed by atoms with Gasteiger partial charge in [0.25, 0.3) is 0 Å². The molecule has 1 rings (SSSR count). The van der Waals surface area contributed by atoms with Crippen LogP contribution >= 0.6 is 0 Å². The Balaban J connectivity index is 2.68. The van der Waals surface area contributed by atoms with Crippen LogP contribution in [-0.2, 0) is 4.74 Å². The van der Waals surface area contributed by atoms with Gasteiger partial charge >= 0.3 is 6.09 Å². The van der Waals surface area contributed by atoms with Crippen molar-refractivity contribution < 1.29 is 14.6 Å². The molecule has 0 aromatic carbocycles. The van der Waals surface area contributed by atoms with Crippen LogP contribution in [0.3, 0.4) is 0 Å². The Hall–Kier alpha value is -2.06. The lowest BCUT2D eigenvalue weighted by Crippen LogP contribution is -2.18. The Morgan fingerprint density at radius 1 is 1.65 bits per heavy atom. The Morgan fingerprint density at radius 2 is 2.41 bits per heavy atom. The van der Waals surface area contributed by atoms with Gasteiger partial charge in [-0.3, -0.25) is 5.32 Å². The fourth-order valence-electron chi connectivity index (χ4n) is 1.07. The van der Waals surface area contributed by atoms with Crippen LogP contribution < -0.4 is 5.32 Å². The maximum absolute atomic E-state index is 11.3. The van der Waals surface area contributed by atoms with E-state index in [-0.39, 0.29) is 12.7 Å². The highest BCUT2D eigenvalue weighted by atomic mass is 16.6. The highest BCUT2D eigenvalue weighted by Crippen LogP contribution is 2.06. The molecule has 0 unspecified atom stereocenters. The molecular formula is C12H14N2O3. The number of pyridine rings is 1. The highest BCUT2D eigenvalue weighted by Gasteiger charge is 2.06. The zero-order valence-electron chi connectivity index (χ0n) is 9.73. The molecule has 0 aliphatic rings. The van der Waals surface area contributed by atoms with Gasteiger partial charge in [-0.25, -0.2) is 9.78 Å². The van der Waals surface area contributed by atoms with Crippen molar-refractivity contribution in [3.8, 4) is 11.8 Å². The zero-order valence-corrected chi connectivity index (χ0v) is 9.73. The average molecular weight is 234 g/mol. The minimum absolute atomic E-state index is 0.188. The van der Waals surface area contributed by atoms with Crippen LogP contribution in [0.2, 0.25) is 0 Å². The zero-order chi connectivity index (χ0) is 12.7. The van der Waals surface area contributed by atoms with E-state index in [1.54, 1.807) is 26.0 Å². The second-order valence-corrected chi connectivity index (χ2v) is 3.47. The van der Waals surface area contributed by atoms with Crippen LogP contribution in [0.1, 0.15) is 19.4 Å². The van der Waals surface area contributed by atoms with E-state index in [9.17, 15) is 4.79 Å². The molecule has 1 heterocycles. The summed E-state index contributed by atoms with van der Waals surface area (Å²) in [7, 11) is 0. The van der Waals surface area contributed by atoms with Gasteiger partial charge in [-0.15, -0.1) is 0 Å². The molecule has 0 bridgehead atoms. The van der Waals surface area contributed by atoms with Crippen molar-refractivity contribution in [3.63, 3.8) is 0 Å². The lowest BCUT2D eigenvalue weighted by Gasteiger charge is -2.08. The first-order valence-electron chi connectivity index (χ1n) is 5.15. The number of amides is 1. The number of carbonyl (C=O) groups is 1. The Morgan fingerprint density at radius 3 is 3.06 bits per heavy atom. The summed E-state index contributed by atoms with van der Waals surface area (Å²) in [6.45, 7) is 3.31. The second kappa shape index (κ2) is 6.51. The average Bonchev–Trinajstić information content (AvgIpc) is 2.25. The standard InChI is InChI=1S/C12H14N2O3/c1-9(2)17-12(16)14-11-8-10(4-3-7-15)5-6-13-11/h5-6,8-9,15H,7H2,1-2H3,(H,13,14,16). The van der Waals surface area contributed by atoms with E-state index >= 15 is 0 Å². The number of aliphatic hydroxyl groups excluding tert-OH is 1. The molecule has 1 amide bonds. The number of ether oxygens (including phenoxy) is 1. The first kappa shape index (κ1) is 13.0. The third-order valence-electron chi connectivity index (χ3n) is 1.64. The number of nitrogens with zero attached hydrogens (tertiary/aromatic N) is 1. The lowest BCUT2D eigenvalue weighted by atomic mass is 10.2. The van der Waals surface area contributed by atoms with E-state index < -0.39 is 6.09 Å². The number of rotatable bonds is 2. The third kappa shape index (κ3) is 5.00. The summed E-state index contributed by atoms with van der Waals surface area (Å²) in [6.07, 6.45) is 0.777. The molecule has 90 valence electrons. The molecule has 0 fully saturated rings. The molecule has 2 N–H and O–H groups in total. The first-order chi connectivity index (χ1) is 8.11. The van der Waals surface area contributed by atoms with Crippen LogP contribution in [0, 0.1) is 11.8 Å². The van der Waals surface area contributed by atoms with Gasteiger partial charge < -0.3 is 9.84 Å². The molecule has 5 nitrogen and oxygen atoms in total. The molecule has 0 aliphatic heterocycles. The van der Waals surface area contributed by atoms with Gasteiger partial charge in [-0.1, -0.05) is 11.8 Å². The van der Waals surface area contributed by atoms with Crippen LogP contribution in [0.4, 0.5) is 10.6 Å². The summed E-state index contributed by atoms with van der Waals surface area (Å²) >= 11 is 0. The molecule has 0 spiro atoms. The van der Waals surface area contributed by atoms with Gasteiger partial charge in [0.1, 0.15) is 12.4 Å². The highest BCUT2D eigenvalue weighted by molar-refractivity contribution is 5.83. The van der Waals surface area contributed by atoms with Gasteiger partial charge in [-0.05, 0) is 26.0 Å². The van der Waals surface area contributed by atoms with Crippen molar-refractivity contribution in [1.29, 1.82) is 0 Å². The van der Waals surface area contributed by atoms with E-state index in [0.29, 0.717) is 11.4 Å². The predicted molar refractivity (Wildman–Crippen MR) is 63.4 cm³/mol. The summed E-state index contributed by atoms with van der Waals surface area (Å²) in [6, 6.07) is 3.28. The van der Waals surface area contributed by atoms with Gasteiger partial charge in [0.05, 0.1) is 6.10 Å². The van der Waals surface area contributed by atoms with E-state index in [4.69, 9.17) is 9.84 Å². The number of carbonyl (C=O) groups excluding carboxylic acids is 1. The Labute approximate surface area is 99.8 Å². The monoisotopic (exact) mass is 234 g/mol. The fourth-order valence-corrected chi connectivity index (χ4v) is 1.07. The third-order valence-corrected chi connectivity index (χ3v) is 1.64. The number of aliphatic hydroxyl groups is 1. The van der Waals surface area contributed by atoms with Crippen LogP contribution in [0.25, 0.3) is 0 Å². The molecule has 0 atom stereocenters. The number of hydrogen-bond donors (Lipinski definition) is 2. The summed E-state index contributed by atoms with van der Waals surface area (Å²) in [5.41, 5.74) is 0.661. The van der Waals surface area contributed by atoms with Crippen molar-refractivity contribution in [1.82, 2.24) is 4.98 Å². The summed E-state index contributed by atoms with van der Waals surface area (Å²) < 4.78 is 4.91. The SMILES string of the molecule is CC(C)OC(=O)Nc1cc(C#CCO)ccn1. The Bertz CT molecular complexity index is 447. The van der Waals surface area contributed by atoms with Crippen LogP contribution in [0.15, 0.2) is 18.3 Å². The van der Waals surface area contributed by atoms with E-state index in [1.807, 2.05) is 0 Å². The molecule has 5 heteroatoms. The normalized spacial score (nSPS) is 9.41. The number of aromatic nitrogens is 1. The molecule has 1 aromatic heterocycles. The van der Waals surface area contributed by atoms with Crippen molar-refractivity contribution >= 4 is 11.9 Å². The summed E-state index contributed by atoms with van der Waals surface area (Å²) in [5, 5.41) is 11.0. The summed E-state index contributed by atoms with van der Waals surface area (Å²) in [5.74, 6) is 5.59. The van der Waals surface area contributed by atoms with E-state index in [2.05, 4.69) is 22.1 Å². The maximum atomic E-state index is 11.3. The lowest BCUT2D eigenvalue weighted by molar-refractivity contribution is 0.130. The summed E-state index contributed by atoms with van der Waals surface area (Å²) in [4.78, 5) is 15.3. The van der Waals surface area contributed by atoms with Crippen molar-refractivity contribution in [2.45, 2.75) is 20.0 Å². The molecule has 0 aliphatic carbocycles. The Kier molecular flexibility index (Phi) is 4.98. The van der Waals surface area contributed by atoms with Gasteiger partial charge in [0.2, 0.25) is 0 Å². The molecule has 1 aromatic rings. The molecule has 0 radical (unpaired) electrons. The number of anilines is 1. The number of nitrogens with one attached hydrogen (secondary N) is 1. The topological polar surface area (TPSA) is 71.5 Å². The van der Waals surface area contributed by atoms with Gasteiger partial charge in [0, 0.05) is 11.8 Å². The van der Waals surface area contributed by atoms with Crippen molar-refractivity contribution in [2.24, 2.45) is 0 Å². The first-order valence-corrected chi connectivity index (χ1v) is 5.15. The van der Waals surface area contributed by atoms with Gasteiger partial charge in [0.15, 0.2) is 0 Å². The number of hydrogen-bond acceptors (Lipinski definition) is 4. The predicted octanol–water partition coefficient (Wildman–Crippen LogP) is 1.38. The maximum Gasteiger partial charge on any atom is 0.413 e. The fraction of sp³-hybridized carbons (Fsp3) is 0.333. The minimum Gasteiger partial charge on any atom is -0.447 e. The van der Waals surface area contributed by atoms with E-state index in [1.165, 1.54) is 6.20 Å². The van der Waals surface area contributed by atoms with Crippen LogP contribution in [-0.4, -0.2) is 28.9 Å². The van der Waals surface area contributed by atoms with Crippen molar-refractivity contribution in [3.05, 3.63) is 23.9 Å². The van der Waals surface area contributed by atoms with Gasteiger partial charge in [-0.2, -0.15) is 0 Å².